The molecule has 19 heavy (non-hydrogen) atoms. The highest BCUT2D eigenvalue weighted by Crippen LogP contribution is 2.26. The molecule has 0 spiro atoms. The van der Waals surface area contributed by atoms with Crippen LogP contribution in [-0.2, 0) is 4.74 Å². The van der Waals surface area contributed by atoms with Crippen LogP contribution in [0.4, 0.5) is 0 Å². The number of methoxy groups -OCH3 is 1. The van der Waals surface area contributed by atoms with Gasteiger partial charge >= 0.3 is 0 Å². The summed E-state index contributed by atoms with van der Waals surface area (Å²) in [6.45, 7) is 0. The first kappa shape index (κ1) is 15.8. The van der Waals surface area contributed by atoms with E-state index in [0.29, 0.717) is 6.04 Å². The van der Waals surface area contributed by atoms with Gasteiger partial charge in [0, 0.05) is 13.2 Å². The predicted molar refractivity (Wildman–Crippen MR) is 78.9 cm³/mol. The number of nitrogens with one attached hydrogen (secondary N) is 2. The third-order valence-corrected chi connectivity index (χ3v) is 4.68. The standard InChI is InChI=1S/C13H25Cl2N3O/c1-19-13-17-11(14)16-12(15)18(13)10-8-6-4-2-3-5-7-9-10/h10-13,16-17H,2-9H2,1H3. The van der Waals surface area contributed by atoms with Crippen molar-refractivity contribution in [1.82, 2.24) is 15.5 Å². The topological polar surface area (TPSA) is 36.5 Å². The molecule has 0 aromatic carbocycles. The van der Waals surface area contributed by atoms with E-state index >= 15 is 0 Å². The van der Waals surface area contributed by atoms with Gasteiger partial charge < -0.3 is 4.74 Å². The molecule has 0 bridgehead atoms. The van der Waals surface area contributed by atoms with Crippen LogP contribution in [0.5, 0.6) is 0 Å². The smallest absolute Gasteiger partial charge is 0.170 e. The van der Waals surface area contributed by atoms with E-state index in [1.165, 1.54) is 51.4 Å². The summed E-state index contributed by atoms with van der Waals surface area (Å²) in [6.07, 6.45) is 10.1. The van der Waals surface area contributed by atoms with Gasteiger partial charge in [-0.15, -0.1) is 0 Å². The molecule has 3 atom stereocenters. The average Bonchev–Trinajstić information content (AvgIpc) is 2.51. The second kappa shape index (κ2) is 8.01. The van der Waals surface area contributed by atoms with Gasteiger partial charge in [0.1, 0.15) is 11.2 Å². The SMILES string of the molecule is COC1NC(Cl)NC(Cl)N1C1CCCCCCCC1. The van der Waals surface area contributed by atoms with Gasteiger partial charge in [-0.25, -0.2) is 4.90 Å². The molecule has 0 amide bonds. The fraction of sp³-hybridized carbons (Fsp3) is 1.00. The van der Waals surface area contributed by atoms with Gasteiger partial charge in [-0.2, -0.15) is 0 Å². The third kappa shape index (κ3) is 4.45. The lowest BCUT2D eigenvalue weighted by Crippen LogP contribution is -2.68. The van der Waals surface area contributed by atoms with E-state index in [1.807, 2.05) is 0 Å². The van der Waals surface area contributed by atoms with Crippen molar-refractivity contribution in [1.29, 1.82) is 0 Å². The van der Waals surface area contributed by atoms with Crippen LogP contribution in [0.15, 0.2) is 0 Å². The number of ether oxygens (including phenoxy) is 1. The fourth-order valence-electron chi connectivity index (χ4n) is 3.06. The molecule has 2 N–H and O–H groups in total. The Morgan fingerprint density at radius 2 is 1.53 bits per heavy atom. The Balaban J connectivity index is 2.02. The van der Waals surface area contributed by atoms with E-state index in [2.05, 4.69) is 15.5 Å². The first-order chi connectivity index (χ1) is 9.22. The lowest BCUT2D eigenvalue weighted by Gasteiger charge is -2.45. The summed E-state index contributed by atoms with van der Waals surface area (Å²) in [6, 6.07) is 0.453. The minimum absolute atomic E-state index is 0.211. The highest BCUT2D eigenvalue weighted by Gasteiger charge is 2.37. The predicted octanol–water partition coefficient (Wildman–Crippen LogP) is 2.96. The maximum Gasteiger partial charge on any atom is 0.170 e. The molecule has 0 aromatic heterocycles. The third-order valence-electron chi connectivity index (χ3n) is 4.07. The fourth-order valence-corrected chi connectivity index (χ4v) is 3.74. The molecule has 2 aliphatic rings. The van der Waals surface area contributed by atoms with E-state index in [9.17, 15) is 0 Å². The van der Waals surface area contributed by atoms with Crippen LogP contribution in [0.25, 0.3) is 0 Å². The zero-order valence-electron chi connectivity index (χ0n) is 11.6. The van der Waals surface area contributed by atoms with Crippen molar-refractivity contribution in [3.05, 3.63) is 0 Å². The molecule has 2 fully saturated rings. The molecule has 0 aromatic rings. The van der Waals surface area contributed by atoms with Crippen LogP contribution in [0.2, 0.25) is 0 Å². The first-order valence-electron chi connectivity index (χ1n) is 7.33. The zero-order valence-corrected chi connectivity index (χ0v) is 13.1. The number of nitrogens with zero attached hydrogens (tertiary/aromatic N) is 1. The molecular formula is C13H25Cl2N3O. The Morgan fingerprint density at radius 1 is 0.947 bits per heavy atom. The zero-order chi connectivity index (χ0) is 13.7. The highest BCUT2D eigenvalue weighted by atomic mass is 35.5. The van der Waals surface area contributed by atoms with E-state index in [4.69, 9.17) is 27.9 Å². The van der Waals surface area contributed by atoms with Crippen LogP contribution in [-0.4, -0.2) is 35.7 Å². The summed E-state index contributed by atoms with van der Waals surface area (Å²) in [5, 5.41) is 6.28. The van der Waals surface area contributed by atoms with Crippen LogP contribution >= 0.6 is 23.2 Å². The second-order valence-corrected chi connectivity index (χ2v) is 6.27. The molecule has 1 heterocycles. The van der Waals surface area contributed by atoms with E-state index in [0.717, 1.165) is 0 Å². The Kier molecular flexibility index (Phi) is 6.66. The lowest BCUT2D eigenvalue weighted by atomic mass is 10.0. The molecule has 4 nitrogen and oxygen atoms in total. The quantitative estimate of drug-likeness (QED) is 0.607. The molecule has 2 rings (SSSR count). The minimum Gasteiger partial charge on any atom is -0.353 e. The molecule has 3 unspecified atom stereocenters. The summed E-state index contributed by atoms with van der Waals surface area (Å²) in [4.78, 5) is 2.19. The average molecular weight is 310 g/mol. The Hall–Kier alpha value is 0.420. The van der Waals surface area contributed by atoms with Crippen LogP contribution in [0, 0.1) is 0 Å². The van der Waals surface area contributed by atoms with Gasteiger partial charge in [-0.05, 0) is 12.8 Å². The second-order valence-electron chi connectivity index (χ2n) is 5.42. The Morgan fingerprint density at radius 3 is 2.11 bits per heavy atom. The lowest BCUT2D eigenvalue weighted by molar-refractivity contribution is -0.117. The van der Waals surface area contributed by atoms with Crippen molar-refractivity contribution in [3.8, 4) is 0 Å². The molecule has 6 heteroatoms. The minimum atomic E-state index is -0.347. The van der Waals surface area contributed by atoms with Gasteiger partial charge in [-0.3, -0.25) is 10.6 Å². The first-order valence-corrected chi connectivity index (χ1v) is 8.20. The van der Waals surface area contributed by atoms with Crippen molar-refractivity contribution in [2.45, 2.75) is 75.0 Å². The molecule has 112 valence electrons. The summed E-state index contributed by atoms with van der Waals surface area (Å²) >= 11 is 12.5. The summed E-state index contributed by atoms with van der Waals surface area (Å²) in [5.41, 5.74) is -0.625. The number of alkyl halides is 2. The van der Waals surface area contributed by atoms with E-state index in [-0.39, 0.29) is 17.6 Å². The van der Waals surface area contributed by atoms with Gasteiger partial charge in [0.2, 0.25) is 0 Å². The summed E-state index contributed by atoms with van der Waals surface area (Å²) in [7, 11) is 1.69. The number of rotatable bonds is 2. The summed E-state index contributed by atoms with van der Waals surface area (Å²) in [5.74, 6) is 0. The van der Waals surface area contributed by atoms with Crippen LogP contribution in [0.3, 0.4) is 0 Å². The van der Waals surface area contributed by atoms with Crippen molar-refractivity contribution in [3.63, 3.8) is 0 Å². The molecule has 1 saturated carbocycles. The molecular weight excluding hydrogens is 285 g/mol. The maximum atomic E-state index is 6.43. The molecule has 1 aliphatic carbocycles. The monoisotopic (exact) mass is 309 g/mol. The van der Waals surface area contributed by atoms with Crippen molar-refractivity contribution >= 4 is 23.2 Å². The van der Waals surface area contributed by atoms with Crippen molar-refractivity contribution in [2.75, 3.05) is 7.11 Å². The van der Waals surface area contributed by atoms with E-state index in [1.54, 1.807) is 7.11 Å². The molecule has 1 saturated heterocycles. The number of halogens is 2. The molecule has 0 radical (unpaired) electrons. The van der Waals surface area contributed by atoms with Crippen LogP contribution < -0.4 is 10.6 Å². The highest BCUT2D eigenvalue weighted by molar-refractivity contribution is 6.23. The van der Waals surface area contributed by atoms with Crippen LogP contribution in [0.1, 0.15) is 51.4 Å². The Bertz CT molecular complexity index is 260. The molecule has 1 aliphatic heterocycles. The largest absolute Gasteiger partial charge is 0.353 e. The van der Waals surface area contributed by atoms with Gasteiger partial charge in [0.05, 0.1) is 0 Å². The van der Waals surface area contributed by atoms with Gasteiger partial charge in [0.15, 0.2) is 6.35 Å². The number of hydrogen-bond acceptors (Lipinski definition) is 4. The maximum absolute atomic E-state index is 6.43. The Labute approximate surface area is 126 Å². The normalized spacial score (nSPS) is 36.5. The van der Waals surface area contributed by atoms with Crippen molar-refractivity contribution < 1.29 is 4.74 Å². The van der Waals surface area contributed by atoms with Crippen molar-refractivity contribution in [2.24, 2.45) is 0 Å². The van der Waals surface area contributed by atoms with Gasteiger partial charge in [-0.1, -0.05) is 61.7 Å². The van der Waals surface area contributed by atoms with Gasteiger partial charge in [0.25, 0.3) is 0 Å². The number of hydrogen-bond donors (Lipinski definition) is 2. The van der Waals surface area contributed by atoms with E-state index < -0.39 is 0 Å². The summed E-state index contributed by atoms with van der Waals surface area (Å²) < 4.78 is 5.51.